The van der Waals surface area contributed by atoms with Gasteiger partial charge < -0.3 is 0 Å². The van der Waals surface area contributed by atoms with Crippen LogP contribution in [0.5, 0.6) is 0 Å². The first kappa shape index (κ1) is 15.0. The number of hydrogen-bond acceptors (Lipinski definition) is 2. The molecule has 1 spiro atoms. The molecule has 1 saturated carbocycles. The van der Waals surface area contributed by atoms with Crippen molar-refractivity contribution in [2.24, 2.45) is 0 Å². The van der Waals surface area contributed by atoms with Crippen LogP contribution in [0.4, 0.5) is 0 Å². The van der Waals surface area contributed by atoms with E-state index in [2.05, 4.69) is 37.5 Å². The van der Waals surface area contributed by atoms with E-state index in [0.717, 1.165) is 12.1 Å². The Kier molecular flexibility index (Phi) is 5.46. The van der Waals surface area contributed by atoms with Crippen molar-refractivity contribution in [3.8, 4) is 0 Å². The van der Waals surface area contributed by atoms with Gasteiger partial charge in [0.2, 0.25) is 0 Å². The first-order valence-electron chi connectivity index (χ1n) is 7.56. The van der Waals surface area contributed by atoms with Gasteiger partial charge in [-0.3, -0.25) is 9.80 Å². The molecule has 17 heavy (non-hydrogen) atoms. The van der Waals surface area contributed by atoms with E-state index in [-0.39, 0.29) is 0 Å². The highest BCUT2D eigenvalue weighted by atomic mass is 15.3. The molecule has 0 aromatic heterocycles. The Morgan fingerprint density at radius 2 is 1.47 bits per heavy atom. The van der Waals surface area contributed by atoms with Gasteiger partial charge >= 0.3 is 0 Å². The molecule has 2 nitrogen and oxygen atoms in total. The fourth-order valence-corrected chi connectivity index (χ4v) is 3.30. The summed E-state index contributed by atoms with van der Waals surface area (Å²) in [5.74, 6) is 0. The van der Waals surface area contributed by atoms with E-state index in [0.29, 0.717) is 5.54 Å². The molecule has 0 radical (unpaired) electrons. The predicted octanol–water partition coefficient (Wildman–Crippen LogP) is 3.37. The van der Waals surface area contributed by atoms with E-state index in [4.69, 9.17) is 0 Å². The molecule has 0 atom stereocenters. The monoisotopic (exact) mass is 240 g/mol. The van der Waals surface area contributed by atoms with Gasteiger partial charge in [-0.25, -0.2) is 0 Å². The second-order valence-electron chi connectivity index (χ2n) is 5.93. The lowest BCUT2D eigenvalue weighted by Crippen LogP contribution is -2.67. The minimum atomic E-state index is 0.552. The third-order valence-corrected chi connectivity index (χ3v) is 4.37. The van der Waals surface area contributed by atoms with Crippen LogP contribution >= 0.6 is 0 Å². The van der Waals surface area contributed by atoms with E-state index in [1.165, 1.54) is 38.9 Å². The van der Waals surface area contributed by atoms with Crippen LogP contribution in [0.2, 0.25) is 0 Å². The zero-order valence-electron chi connectivity index (χ0n) is 12.8. The van der Waals surface area contributed by atoms with Crippen LogP contribution in [-0.2, 0) is 0 Å². The number of hydrogen-bond donors (Lipinski definition) is 0. The summed E-state index contributed by atoms with van der Waals surface area (Å²) in [6.07, 6.45) is 4.29. The average molecular weight is 240 g/mol. The summed E-state index contributed by atoms with van der Waals surface area (Å²) in [6.45, 7) is 17.2. The summed E-state index contributed by atoms with van der Waals surface area (Å²) >= 11 is 0. The lowest BCUT2D eigenvalue weighted by atomic mass is 9.73. The van der Waals surface area contributed by atoms with Crippen molar-refractivity contribution in [2.75, 3.05) is 19.6 Å². The van der Waals surface area contributed by atoms with Crippen molar-refractivity contribution < 1.29 is 0 Å². The van der Waals surface area contributed by atoms with Crippen molar-refractivity contribution in [3.63, 3.8) is 0 Å². The molecule has 0 amide bonds. The van der Waals surface area contributed by atoms with E-state index >= 15 is 0 Å². The van der Waals surface area contributed by atoms with Crippen molar-refractivity contribution in [1.82, 2.24) is 9.80 Å². The third-order valence-electron chi connectivity index (χ3n) is 4.37. The fraction of sp³-hybridized carbons (Fsp3) is 1.00. The van der Waals surface area contributed by atoms with Crippen LogP contribution in [-0.4, -0.2) is 47.1 Å². The van der Waals surface area contributed by atoms with Gasteiger partial charge in [0.15, 0.2) is 0 Å². The summed E-state index contributed by atoms with van der Waals surface area (Å²) in [5, 5.41) is 0. The predicted molar refractivity (Wildman–Crippen MR) is 76.5 cm³/mol. The quantitative estimate of drug-likeness (QED) is 0.730. The number of piperazine rings is 1. The standard InChI is InChI=1S/C13H26N2.C2H6/c1-11(2)14-8-9-15(12(3)4)13(10-14)6-5-7-13;1-2/h11-12H,5-10H2,1-4H3;1-2H3. The van der Waals surface area contributed by atoms with Gasteiger partial charge in [0, 0.05) is 37.3 Å². The van der Waals surface area contributed by atoms with Crippen molar-refractivity contribution >= 4 is 0 Å². The van der Waals surface area contributed by atoms with Gasteiger partial charge in [-0.15, -0.1) is 0 Å². The molecule has 0 bridgehead atoms. The molecule has 102 valence electrons. The largest absolute Gasteiger partial charge is 0.298 e. The first-order valence-corrected chi connectivity index (χ1v) is 7.56. The van der Waals surface area contributed by atoms with Crippen LogP contribution in [0.1, 0.15) is 60.8 Å². The number of rotatable bonds is 2. The van der Waals surface area contributed by atoms with Crippen LogP contribution in [0.3, 0.4) is 0 Å². The molecule has 1 heterocycles. The maximum absolute atomic E-state index is 2.76. The summed E-state index contributed by atoms with van der Waals surface area (Å²) in [4.78, 5) is 5.42. The molecule has 2 aliphatic rings. The molecule has 1 saturated heterocycles. The fourth-order valence-electron chi connectivity index (χ4n) is 3.30. The third kappa shape index (κ3) is 3.03. The van der Waals surface area contributed by atoms with E-state index in [1.54, 1.807) is 0 Å². The summed E-state index contributed by atoms with van der Waals surface area (Å²) < 4.78 is 0. The zero-order valence-corrected chi connectivity index (χ0v) is 12.8. The molecule has 0 N–H and O–H groups in total. The van der Waals surface area contributed by atoms with Crippen LogP contribution in [0, 0.1) is 0 Å². The minimum Gasteiger partial charge on any atom is -0.298 e. The Bertz CT molecular complexity index is 219. The lowest BCUT2D eigenvalue weighted by Gasteiger charge is -2.58. The highest BCUT2D eigenvalue weighted by Crippen LogP contribution is 2.41. The molecule has 1 aliphatic heterocycles. The molecule has 1 aliphatic carbocycles. The average Bonchev–Trinajstić information content (AvgIpc) is 2.28. The highest BCUT2D eigenvalue weighted by Gasteiger charge is 2.47. The summed E-state index contributed by atoms with van der Waals surface area (Å²) in [6, 6.07) is 1.44. The summed E-state index contributed by atoms with van der Waals surface area (Å²) in [7, 11) is 0. The van der Waals surface area contributed by atoms with Gasteiger partial charge in [0.05, 0.1) is 0 Å². The second kappa shape index (κ2) is 6.19. The van der Waals surface area contributed by atoms with Crippen molar-refractivity contribution in [1.29, 1.82) is 0 Å². The Hall–Kier alpha value is -0.0800. The zero-order chi connectivity index (χ0) is 13.1. The molecular formula is C15H32N2. The van der Waals surface area contributed by atoms with Gasteiger partial charge in [-0.05, 0) is 47.0 Å². The SMILES string of the molecule is CC.CC(C)N1CCN(C(C)C)C2(CCC2)C1. The maximum Gasteiger partial charge on any atom is 0.0339 e. The normalized spacial score (nSPS) is 24.7. The molecule has 0 aromatic rings. The van der Waals surface area contributed by atoms with Crippen LogP contribution < -0.4 is 0 Å². The molecule has 2 fully saturated rings. The van der Waals surface area contributed by atoms with E-state index < -0.39 is 0 Å². The molecule has 2 heteroatoms. The number of nitrogens with zero attached hydrogens (tertiary/aromatic N) is 2. The van der Waals surface area contributed by atoms with Crippen LogP contribution in [0.25, 0.3) is 0 Å². The summed E-state index contributed by atoms with van der Waals surface area (Å²) in [5.41, 5.74) is 0.552. The van der Waals surface area contributed by atoms with Gasteiger partial charge in [0.1, 0.15) is 0 Å². The second-order valence-corrected chi connectivity index (χ2v) is 5.93. The Morgan fingerprint density at radius 1 is 0.882 bits per heavy atom. The van der Waals surface area contributed by atoms with Gasteiger partial charge in [-0.2, -0.15) is 0 Å². The van der Waals surface area contributed by atoms with Crippen molar-refractivity contribution in [2.45, 2.75) is 78.4 Å². The highest BCUT2D eigenvalue weighted by molar-refractivity contribution is 5.04. The Balaban J connectivity index is 0.000000686. The molecule has 2 rings (SSSR count). The first-order chi connectivity index (χ1) is 8.05. The van der Waals surface area contributed by atoms with Crippen molar-refractivity contribution in [3.05, 3.63) is 0 Å². The molecule has 0 aromatic carbocycles. The van der Waals surface area contributed by atoms with E-state index in [1.807, 2.05) is 13.8 Å². The Labute approximate surface area is 108 Å². The van der Waals surface area contributed by atoms with E-state index in [9.17, 15) is 0 Å². The molecular weight excluding hydrogens is 208 g/mol. The van der Waals surface area contributed by atoms with Gasteiger partial charge in [0.25, 0.3) is 0 Å². The minimum absolute atomic E-state index is 0.552. The maximum atomic E-state index is 2.76. The van der Waals surface area contributed by atoms with Gasteiger partial charge in [-0.1, -0.05) is 13.8 Å². The lowest BCUT2D eigenvalue weighted by molar-refractivity contribution is -0.0774. The molecule has 0 unspecified atom stereocenters. The Morgan fingerprint density at radius 3 is 1.82 bits per heavy atom. The topological polar surface area (TPSA) is 6.48 Å². The van der Waals surface area contributed by atoms with Crippen LogP contribution in [0.15, 0.2) is 0 Å². The smallest absolute Gasteiger partial charge is 0.0339 e.